The van der Waals surface area contributed by atoms with Gasteiger partial charge in [-0.2, -0.15) is 0 Å². The van der Waals surface area contributed by atoms with Crippen LogP contribution in [-0.4, -0.2) is 9.55 Å². The van der Waals surface area contributed by atoms with E-state index in [1.165, 1.54) is 19.3 Å². The van der Waals surface area contributed by atoms with Gasteiger partial charge in [0.2, 0.25) is 0 Å². The molecular weight excluding hydrogens is 204 g/mol. The highest BCUT2D eigenvalue weighted by Crippen LogP contribution is 2.07. The van der Waals surface area contributed by atoms with E-state index in [0.717, 1.165) is 11.3 Å². The standard InChI is InChI=1S/C8H13BrN2/c1-2-3-4-6-11-7-5-10-8(11)9/h5,7H,2-4,6H2,1H3. The van der Waals surface area contributed by atoms with Crippen LogP contribution >= 0.6 is 15.9 Å². The Balaban J connectivity index is 2.32. The molecule has 0 N–H and O–H groups in total. The number of unbranched alkanes of at least 4 members (excludes halogenated alkanes) is 2. The van der Waals surface area contributed by atoms with Crippen molar-refractivity contribution in [2.24, 2.45) is 0 Å². The lowest BCUT2D eigenvalue weighted by Gasteiger charge is -2.01. The summed E-state index contributed by atoms with van der Waals surface area (Å²) in [6.07, 6.45) is 7.62. The lowest BCUT2D eigenvalue weighted by atomic mass is 10.2. The van der Waals surface area contributed by atoms with Gasteiger partial charge in [0.05, 0.1) is 0 Å². The topological polar surface area (TPSA) is 17.8 Å². The van der Waals surface area contributed by atoms with Crippen molar-refractivity contribution in [2.75, 3.05) is 0 Å². The van der Waals surface area contributed by atoms with Gasteiger partial charge in [-0.05, 0) is 22.4 Å². The molecule has 3 heteroatoms. The van der Waals surface area contributed by atoms with E-state index in [2.05, 4.69) is 32.4 Å². The summed E-state index contributed by atoms with van der Waals surface area (Å²) < 4.78 is 3.06. The number of rotatable bonds is 4. The van der Waals surface area contributed by atoms with Crippen LogP contribution in [0.15, 0.2) is 17.1 Å². The highest BCUT2D eigenvalue weighted by atomic mass is 79.9. The van der Waals surface area contributed by atoms with Gasteiger partial charge in [-0.25, -0.2) is 4.98 Å². The summed E-state index contributed by atoms with van der Waals surface area (Å²) >= 11 is 3.37. The monoisotopic (exact) mass is 216 g/mol. The predicted octanol–water partition coefficient (Wildman–Crippen LogP) is 2.84. The number of aryl methyl sites for hydroxylation is 1. The first-order chi connectivity index (χ1) is 5.34. The van der Waals surface area contributed by atoms with Crippen LogP contribution in [0.1, 0.15) is 26.2 Å². The molecule has 1 rings (SSSR count). The van der Waals surface area contributed by atoms with E-state index in [4.69, 9.17) is 0 Å². The molecule has 0 radical (unpaired) electrons. The molecule has 0 aromatic carbocycles. The van der Waals surface area contributed by atoms with Gasteiger partial charge in [-0.3, -0.25) is 0 Å². The first-order valence-electron chi connectivity index (χ1n) is 4.01. The lowest BCUT2D eigenvalue weighted by Crippen LogP contribution is -1.95. The molecule has 0 bridgehead atoms. The smallest absolute Gasteiger partial charge is 0.177 e. The Morgan fingerprint density at radius 3 is 2.91 bits per heavy atom. The molecule has 62 valence electrons. The molecule has 2 nitrogen and oxygen atoms in total. The van der Waals surface area contributed by atoms with Crippen molar-refractivity contribution < 1.29 is 0 Å². The lowest BCUT2D eigenvalue weighted by molar-refractivity contribution is 0.593. The van der Waals surface area contributed by atoms with Crippen molar-refractivity contribution in [3.8, 4) is 0 Å². The van der Waals surface area contributed by atoms with Crippen molar-refractivity contribution in [1.82, 2.24) is 9.55 Å². The van der Waals surface area contributed by atoms with Crippen molar-refractivity contribution in [3.63, 3.8) is 0 Å². The van der Waals surface area contributed by atoms with Crippen LogP contribution in [0.25, 0.3) is 0 Å². The van der Waals surface area contributed by atoms with E-state index in [9.17, 15) is 0 Å². The minimum Gasteiger partial charge on any atom is -0.326 e. The third-order valence-electron chi connectivity index (χ3n) is 1.67. The number of imidazole rings is 1. The van der Waals surface area contributed by atoms with Crippen LogP contribution in [0.2, 0.25) is 0 Å². The highest BCUT2D eigenvalue weighted by molar-refractivity contribution is 9.10. The molecule has 0 saturated heterocycles. The maximum atomic E-state index is 4.07. The average molecular weight is 217 g/mol. The molecule has 0 aliphatic heterocycles. The second-order valence-corrected chi connectivity index (χ2v) is 3.31. The fourth-order valence-electron chi connectivity index (χ4n) is 1.01. The van der Waals surface area contributed by atoms with Crippen LogP contribution in [-0.2, 0) is 6.54 Å². The molecule has 1 aromatic heterocycles. The molecule has 0 fully saturated rings. The van der Waals surface area contributed by atoms with Gasteiger partial charge in [0, 0.05) is 18.9 Å². The number of nitrogens with zero attached hydrogens (tertiary/aromatic N) is 2. The van der Waals surface area contributed by atoms with E-state index in [0.29, 0.717) is 0 Å². The Morgan fingerprint density at radius 1 is 1.55 bits per heavy atom. The molecule has 1 aromatic rings. The zero-order valence-electron chi connectivity index (χ0n) is 6.76. The number of hydrogen-bond donors (Lipinski definition) is 0. The van der Waals surface area contributed by atoms with Crippen LogP contribution in [0.5, 0.6) is 0 Å². The molecule has 0 amide bonds. The van der Waals surface area contributed by atoms with Gasteiger partial charge in [-0.1, -0.05) is 19.8 Å². The third-order valence-corrected chi connectivity index (χ3v) is 2.33. The van der Waals surface area contributed by atoms with Crippen molar-refractivity contribution in [1.29, 1.82) is 0 Å². The Kier molecular flexibility index (Phi) is 3.63. The zero-order chi connectivity index (χ0) is 8.10. The van der Waals surface area contributed by atoms with Crippen molar-refractivity contribution in [3.05, 3.63) is 17.1 Å². The Labute approximate surface area is 75.8 Å². The summed E-state index contributed by atoms with van der Waals surface area (Å²) in [6.45, 7) is 3.29. The Bertz CT molecular complexity index is 208. The molecule has 0 unspecified atom stereocenters. The van der Waals surface area contributed by atoms with Crippen LogP contribution in [0.4, 0.5) is 0 Å². The van der Waals surface area contributed by atoms with E-state index >= 15 is 0 Å². The minimum absolute atomic E-state index is 0.939. The molecule has 1 heterocycles. The molecule has 0 spiro atoms. The first kappa shape index (κ1) is 8.78. The second-order valence-electron chi connectivity index (χ2n) is 2.60. The number of hydrogen-bond acceptors (Lipinski definition) is 1. The average Bonchev–Trinajstić information content (AvgIpc) is 2.37. The molecule has 0 aliphatic rings. The zero-order valence-corrected chi connectivity index (χ0v) is 8.34. The van der Waals surface area contributed by atoms with Gasteiger partial charge in [0.1, 0.15) is 0 Å². The van der Waals surface area contributed by atoms with E-state index in [-0.39, 0.29) is 0 Å². The van der Waals surface area contributed by atoms with E-state index in [1.54, 1.807) is 0 Å². The molecule has 0 aliphatic carbocycles. The van der Waals surface area contributed by atoms with Gasteiger partial charge in [-0.15, -0.1) is 0 Å². The summed E-state index contributed by atoms with van der Waals surface area (Å²) in [5.41, 5.74) is 0. The molecular formula is C8H13BrN2. The fraction of sp³-hybridized carbons (Fsp3) is 0.625. The Hall–Kier alpha value is -0.310. The maximum Gasteiger partial charge on any atom is 0.177 e. The minimum atomic E-state index is 0.939. The molecule has 11 heavy (non-hydrogen) atoms. The predicted molar refractivity (Wildman–Crippen MR) is 49.5 cm³/mol. The number of aromatic nitrogens is 2. The normalized spacial score (nSPS) is 10.4. The second kappa shape index (κ2) is 4.54. The van der Waals surface area contributed by atoms with Gasteiger partial charge in [0.15, 0.2) is 4.73 Å². The summed E-state index contributed by atoms with van der Waals surface area (Å²) in [4.78, 5) is 4.07. The third kappa shape index (κ3) is 2.66. The fourth-order valence-corrected chi connectivity index (χ4v) is 1.42. The van der Waals surface area contributed by atoms with Gasteiger partial charge in [0.25, 0.3) is 0 Å². The number of halogens is 1. The summed E-state index contributed by atoms with van der Waals surface area (Å²) in [6, 6.07) is 0. The summed E-state index contributed by atoms with van der Waals surface area (Å²) in [5.74, 6) is 0. The van der Waals surface area contributed by atoms with Crippen LogP contribution in [0, 0.1) is 0 Å². The first-order valence-corrected chi connectivity index (χ1v) is 4.80. The van der Waals surface area contributed by atoms with Crippen molar-refractivity contribution >= 4 is 15.9 Å². The van der Waals surface area contributed by atoms with E-state index < -0.39 is 0 Å². The maximum absolute atomic E-state index is 4.07. The van der Waals surface area contributed by atoms with Crippen molar-refractivity contribution in [2.45, 2.75) is 32.7 Å². The van der Waals surface area contributed by atoms with Crippen LogP contribution in [0.3, 0.4) is 0 Å². The summed E-state index contributed by atoms with van der Waals surface area (Å²) in [7, 11) is 0. The largest absolute Gasteiger partial charge is 0.326 e. The molecule has 0 atom stereocenters. The SMILES string of the molecule is CCCCCn1ccnc1Br. The summed E-state index contributed by atoms with van der Waals surface area (Å²) in [5, 5.41) is 0. The van der Waals surface area contributed by atoms with Gasteiger partial charge < -0.3 is 4.57 Å². The Morgan fingerprint density at radius 2 is 2.36 bits per heavy atom. The van der Waals surface area contributed by atoms with E-state index in [1.807, 2.05) is 12.4 Å². The molecule has 0 saturated carbocycles. The van der Waals surface area contributed by atoms with Gasteiger partial charge >= 0.3 is 0 Å². The van der Waals surface area contributed by atoms with Crippen LogP contribution < -0.4 is 0 Å². The quantitative estimate of drug-likeness (QED) is 0.709. The highest BCUT2D eigenvalue weighted by Gasteiger charge is 1.95.